The van der Waals surface area contributed by atoms with Crippen LogP contribution < -0.4 is 11.1 Å². The molecule has 0 bridgehead atoms. The lowest BCUT2D eigenvalue weighted by Crippen LogP contribution is -2.43. The third kappa shape index (κ3) is 3.50. The lowest BCUT2D eigenvalue weighted by Gasteiger charge is -2.22. The van der Waals surface area contributed by atoms with Gasteiger partial charge in [0, 0.05) is 36.9 Å². The van der Waals surface area contributed by atoms with Crippen molar-refractivity contribution in [3.8, 4) is 0 Å². The van der Waals surface area contributed by atoms with E-state index in [4.69, 9.17) is 0 Å². The normalized spacial score (nSPS) is 19.9. The first-order chi connectivity index (χ1) is 14.8. The zero-order chi connectivity index (χ0) is 21.8. The highest BCUT2D eigenvalue weighted by atomic mass is 32.1. The molecule has 1 fully saturated rings. The quantitative estimate of drug-likeness (QED) is 0.574. The monoisotopic (exact) mass is 441 g/mol. The zero-order valence-electron chi connectivity index (χ0n) is 16.9. The largest absolute Gasteiger partial charge is 0.337 e. The van der Waals surface area contributed by atoms with Gasteiger partial charge < -0.3 is 4.90 Å². The van der Waals surface area contributed by atoms with Crippen LogP contribution in [-0.4, -0.2) is 43.2 Å². The third-order valence-corrected chi connectivity index (χ3v) is 6.82. The molecule has 0 unspecified atom stereocenters. The van der Waals surface area contributed by atoms with Crippen LogP contribution in [0.5, 0.6) is 0 Å². The van der Waals surface area contributed by atoms with Crippen molar-refractivity contribution in [2.24, 2.45) is 5.41 Å². The average molecular weight is 441 g/mol. The molecular weight excluding hydrogens is 421 g/mol. The molecule has 1 atom stereocenters. The van der Waals surface area contributed by atoms with E-state index >= 15 is 0 Å². The van der Waals surface area contributed by atoms with Crippen LogP contribution >= 0.6 is 11.3 Å². The van der Waals surface area contributed by atoms with Crippen molar-refractivity contribution in [2.45, 2.75) is 32.9 Å². The van der Waals surface area contributed by atoms with Crippen LogP contribution in [0.2, 0.25) is 0 Å². The lowest BCUT2D eigenvalue weighted by molar-refractivity contribution is 0.0766. The number of benzene rings is 1. The van der Waals surface area contributed by atoms with E-state index in [1.807, 2.05) is 6.92 Å². The zero-order valence-corrected chi connectivity index (χ0v) is 17.7. The maximum Gasteiger partial charge on any atom is 0.332 e. The number of carbonyl (C=O) groups is 1. The molecule has 2 aliphatic heterocycles. The summed E-state index contributed by atoms with van der Waals surface area (Å²) in [5.74, 6) is 0.0760. The minimum atomic E-state index is -0.700. The number of thiazole rings is 1. The van der Waals surface area contributed by atoms with Crippen molar-refractivity contribution in [3.63, 3.8) is 0 Å². The molecule has 1 amide bonds. The van der Waals surface area contributed by atoms with Gasteiger partial charge in [0.1, 0.15) is 17.3 Å². The van der Waals surface area contributed by atoms with Crippen molar-refractivity contribution in [3.05, 3.63) is 78.3 Å². The van der Waals surface area contributed by atoms with E-state index in [-0.39, 0.29) is 23.7 Å². The van der Waals surface area contributed by atoms with Gasteiger partial charge in [-0.1, -0.05) is 12.1 Å². The summed E-state index contributed by atoms with van der Waals surface area (Å²) >= 11 is 1.44. The molecule has 2 aliphatic rings. The Hall–Kier alpha value is -3.14. The fourth-order valence-electron chi connectivity index (χ4n) is 4.48. The molecule has 1 saturated heterocycles. The van der Waals surface area contributed by atoms with Crippen molar-refractivity contribution in [1.82, 2.24) is 24.2 Å². The Morgan fingerprint density at radius 3 is 2.68 bits per heavy atom. The number of rotatable bonds is 3. The van der Waals surface area contributed by atoms with Gasteiger partial charge in [0.05, 0.1) is 11.6 Å². The van der Waals surface area contributed by atoms with Gasteiger partial charge >= 0.3 is 11.1 Å². The van der Waals surface area contributed by atoms with Gasteiger partial charge in [-0.05, 0) is 31.0 Å². The first kappa shape index (κ1) is 19.8. The Kier molecular flexibility index (Phi) is 4.62. The summed E-state index contributed by atoms with van der Waals surface area (Å²) in [6.45, 7) is 3.42. The summed E-state index contributed by atoms with van der Waals surface area (Å²) in [5, 5.41) is 7.05. The van der Waals surface area contributed by atoms with Gasteiger partial charge in [-0.3, -0.25) is 19.0 Å². The molecule has 8 nitrogen and oxygen atoms in total. The van der Waals surface area contributed by atoms with Crippen LogP contribution in [-0.2, 0) is 19.5 Å². The van der Waals surface area contributed by atoms with Crippen LogP contribution in [0.4, 0.5) is 4.39 Å². The number of halogens is 1. The number of fused-ring (bicyclic) bond motifs is 1. The lowest BCUT2D eigenvalue weighted by atomic mass is 9.86. The molecule has 2 aromatic heterocycles. The fraction of sp³-hybridized carbons (Fsp3) is 0.381. The van der Waals surface area contributed by atoms with Crippen LogP contribution in [0.3, 0.4) is 0 Å². The first-order valence-corrected chi connectivity index (χ1v) is 10.9. The number of aryl methyl sites for hydroxylation is 1. The van der Waals surface area contributed by atoms with Crippen molar-refractivity contribution >= 4 is 17.2 Å². The topological polar surface area (TPSA) is 90.1 Å². The minimum Gasteiger partial charge on any atom is -0.337 e. The minimum absolute atomic E-state index is 0.100. The molecule has 10 heteroatoms. The number of hydrogen-bond acceptors (Lipinski definition) is 6. The molecular formula is C21H20FN5O3S. The summed E-state index contributed by atoms with van der Waals surface area (Å²) in [5.41, 5.74) is -0.479. The molecule has 31 heavy (non-hydrogen) atoms. The Labute approximate surface area is 180 Å². The standard InChI is InChI=1S/C21H20FN5O3S/c1-13-23-16(10-31-13)18(28)25-7-6-21(11-25)8-17-24-27(20(30)19(29)26(17)12-21)9-14-2-4-15(22)5-3-14/h2-5,10H,6-9,11-12H2,1H3/t21-/m0/s1. The Morgan fingerprint density at radius 1 is 1.19 bits per heavy atom. The Morgan fingerprint density at radius 2 is 1.97 bits per heavy atom. The molecule has 3 aromatic rings. The van der Waals surface area contributed by atoms with E-state index in [1.54, 1.807) is 22.4 Å². The molecule has 0 radical (unpaired) electrons. The summed E-state index contributed by atoms with van der Waals surface area (Å²) in [7, 11) is 0. The van der Waals surface area contributed by atoms with Gasteiger partial charge in [-0.15, -0.1) is 11.3 Å². The summed E-state index contributed by atoms with van der Waals surface area (Å²) in [6.07, 6.45) is 1.25. The van der Waals surface area contributed by atoms with E-state index in [0.717, 1.165) is 16.1 Å². The number of carbonyl (C=O) groups excluding carboxylic acids is 1. The Balaban J connectivity index is 1.39. The number of hydrogen-bond donors (Lipinski definition) is 0. The van der Waals surface area contributed by atoms with Crippen molar-refractivity contribution in [2.75, 3.05) is 13.1 Å². The molecule has 1 spiro atoms. The van der Waals surface area contributed by atoms with Gasteiger partial charge in [0.2, 0.25) is 0 Å². The van der Waals surface area contributed by atoms with Gasteiger partial charge in [0.25, 0.3) is 5.91 Å². The second-order valence-corrected chi connectivity index (χ2v) is 9.36. The second kappa shape index (κ2) is 7.23. The molecule has 0 aliphatic carbocycles. The van der Waals surface area contributed by atoms with E-state index in [9.17, 15) is 18.8 Å². The van der Waals surface area contributed by atoms with Crippen LogP contribution in [0.15, 0.2) is 39.2 Å². The van der Waals surface area contributed by atoms with Gasteiger partial charge in [-0.25, -0.2) is 14.1 Å². The highest BCUT2D eigenvalue weighted by molar-refractivity contribution is 7.09. The number of amides is 1. The average Bonchev–Trinajstić information content (AvgIpc) is 3.46. The summed E-state index contributed by atoms with van der Waals surface area (Å²) < 4.78 is 15.7. The Bertz CT molecular complexity index is 1300. The highest BCUT2D eigenvalue weighted by Crippen LogP contribution is 2.39. The number of nitrogens with zero attached hydrogens (tertiary/aromatic N) is 5. The highest BCUT2D eigenvalue weighted by Gasteiger charge is 2.46. The predicted octanol–water partition coefficient (Wildman–Crippen LogP) is 1.45. The summed E-state index contributed by atoms with van der Waals surface area (Å²) in [4.78, 5) is 44.2. The van der Waals surface area contributed by atoms with Crippen molar-refractivity contribution in [1.29, 1.82) is 0 Å². The number of aromatic nitrogens is 4. The van der Waals surface area contributed by atoms with Gasteiger partial charge in [-0.2, -0.15) is 5.10 Å². The van der Waals surface area contributed by atoms with E-state index in [1.165, 1.54) is 28.0 Å². The SMILES string of the molecule is Cc1nc(C(=O)N2CC[C@]3(Cc4nn(Cc5ccc(F)cc5)c(=O)c(=O)n4C3)C2)cs1. The van der Waals surface area contributed by atoms with Crippen LogP contribution in [0.25, 0.3) is 0 Å². The summed E-state index contributed by atoms with van der Waals surface area (Å²) in [6, 6.07) is 5.75. The first-order valence-electron chi connectivity index (χ1n) is 10.0. The smallest absolute Gasteiger partial charge is 0.332 e. The molecule has 0 saturated carbocycles. The van der Waals surface area contributed by atoms with E-state index in [2.05, 4.69) is 10.1 Å². The maximum atomic E-state index is 13.1. The molecule has 4 heterocycles. The molecule has 160 valence electrons. The van der Waals surface area contributed by atoms with E-state index in [0.29, 0.717) is 43.1 Å². The molecule has 0 N–H and O–H groups in total. The van der Waals surface area contributed by atoms with E-state index < -0.39 is 11.1 Å². The van der Waals surface area contributed by atoms with Crippen LogP contribution in [0.1, 0.15) is 33.3 Å². The molecule has 5 rings (SSSR count). The molecule has 1 aromatic carbocycles. The van der Waals surface area contributed by atoms with Crippen molar-refractivity contribution < 1.29 is 9.18 Å². The predicted molar refractivity (Wildman–Crippen MR) is 112 cm³/mol. The second-order valence-electron chi connectivity index (χ2n) is 8.30. The third-order valence-electron chi connectivity index (χ3n) is 6.05. The maximum absolute atomic E-state index is 13.1. The van der Waals surface area contributed by atoms with Gasteiger partial charge in [0.15, 0.2) is 0 Å². The number of likely N-dealkylation sites (tertiary alicyclic amines) is 1. The fourth-order valence-corrected chi connectivity index (χ4v) is 5.06. The van der Waals surface area contributed by atoms with Crippen LogP contribution in [0, 0.1) is 18.2 Å².